The first-order valence-corrected chi connectivity index (χ1v) is 13.8. The first kappa shape index (κ1) is 29.1. The normalized spacial score (nSPS) is 11.2. The molecule has 0 unspecified atom stereocenters. The molecule has 42 heavy (non-hydrogen) atoms. The smallest absolute Gasteiger partial charge is 0.334 e. The van der Waals surface area contributed by atoms with Crippen molar-refractivity contribution < 1.29 is 9.47 Å². The molecule has 3 aromatic heterocycles. The van der Waals surface area contributed by atoms with Crippen molar-refractivity contribution in [3.63, 3.8) is 0 Å². The topological polar surface area (TPSA) is 115 Å². The first-order valence-electron chi connectivity index (χ1n) is 13.1. The Morgan fingerprint density at radius 3 is 2.00 bits per heavy atom. The van der Waals surface area contributed by atoms with Crippen molar-refractivity contribution in [3.05, 3.63) is 109 Å². The molecule has 5 aromatic rings. The maximum Gasteiger partial charge on any atom is 0.334 e. The molecule has 1 N–H and O–H groups in total. The van der Waals surface area contributed by atoms with Gasteiger partial charge in [-0.2, -0.15) is 0 Å². The van der Waals surface area contributed by atoms with Crippen molar-refractivity contribution in [1.29, 1.82) is 0 Å². The van der Waals surface area contributed by atoms with E-state index in [2.05, 4.69) is 15.0 Å². The number of halogens is 2. The lowest BCUT2D eigenvalue weighted by atomic mass is 10.1. The lowest BCUT2D eigenvalue weighted by Gasteiger charge is -2.28. The maximum absolute atomic E-state index is 13.5. The molecule has 5 rings (SSSR count). The average Bonchev–Trinajstić information content (AvgIpc) is 2.98. The molecular formula is C30H28Cl2N6O4. The first-order chi connectivity index (χ1) is 20.2. The minimum absolute atomic E-state index is 0.0410. The predicted molar refractivity (Wildman–Crippen MR) is 164 cm³/mol. The highest BCUT2D eigenvalue weighted by Crippen LogP contribution is 2.33. The summed E-state index contributed by atoms with van der Waals surface area (Å²) in [5.74, 6) is 1.81. The van der Waals surface area contributed by atoms with Gasteiger partial charge in [0.1, 0.15) is 28.7 Å². The molecule has 0 saturated carbocycles. The number of hydrogen-bond acceptors (Lipinski definition) is 8. The van der Waals surface area contributed by atoms with Gasteiger partial charge in [0.15, 0.2) is 11.5 Å². The third-order valence-electron chi connectivity index (χ3n) is 6.76. The molecule has 0 bridgehead atoms. The van der Waals surface area contributed by atoms with Crippen molar-refractivity contribution in [1.82, 2.24) is 24.5 Å². The minimum Gasteiger partial charge on any atom is -0.497 e. The van der Waals surface area contributed by atoms with Crippen LogP contribution in [0.4, 0.5) is 5.82 Å². The molecular weight excluding hydrogens is 579 g/mol. The van der Waals surface area contributed by atoms with Gasteiger partial charge in [-0.15, -0.1) is 0 Å². The number of ether oxygens (including phenoxy) is 2. The van der Waals surface area contributed by atoms with Crippen LogP contribution in [-0.4, -0.2) is 38.7 Å². The van der Waals surface area contributed by atoms with Gasteiger partial charge in [-0.3, -0.25) is 9.78 Å². The van der Waals surface area contributed by atoms with E-state index in [0.717, 1.165) is 22.6 Å². The summed E-state index contributed by atoms with van der Waals surface area (Å²) >= 11 is 12.5. The standard InChI is InChI=1S/C30H28Cl2N6O4/c1-17(2)24-25(38-27-22(29(39)36-30(38)40)13-23(31)26(32)35-27)28(34-16-33-24)37(14-18-5-9-20(41-3)10-6-18)15-19-7-11-21(42-4)12-8-19/h5-13,16-17H,14-15H2,1-4H3,(H,36,39,40). The van der Waals surface area contributed by atoms with E-state index in [4.69, 9.17) is 37.7 Å². The monoisotopic (exact) mass is 606 g/mol. The van der Waals surface area contributed by atoms with Gasteiger partial charge < -0.3 is 14.4 Å². The highest BCUT2D eigenvalue weighted by atomic mass is 35.5. The lowest BCUT2D eigenvalue weighted by Crippen LogP contribution is -2.33. The van der Waals surface area contributed by atoms with Crippen LogP contribution in [0.3, 0.4) is 0 Å². The Balaban J connectivity index is 1.77. The van der Waals surface area contributed by atoms with E-state index in [0.29, 0.717) is 30.3 Å². The highest BCUT2D eigenvalue weighted by molar-refractivity contribution is 6.41. The molecule has 0 radical (unpaired) electrons. The van der Waals surface area contributed by atoms with Crippen LogP contribution < -0.4 is 25.6 Å². The van der Waals surface area contributed by atoms with Crippen molar-refractivity contribution >= 4 is 40.1 Å². The second-order valence-corrected chi connectivity index (χ2v) is 10.6. The Hall–Kier alpha value is -4.41. The average molecular weight is 607 g/mol. The maximum atomic E-state index is 13.5. The molecule has 0 fully saturated rings. The fraction of sp³-hybridized carbons (Fsp3) is 0.233. The second-order valence-electron chi connectivity index (χ2n) is 9.86. The summed E-state index contributed by atoms with van der Waals surface area (Å²) in [6.45, 7) is 4.77. The van der Waals surface area contributed by atoms with Crippen molar-refractivity contribution in [2.45, 2.75) is 32.9 Å². The fourth-order valence-corrected chi connectivity index (χ4v) is 4.96. The molecule has 0 aliphatic heterocycles. The van der Waals surface area contributed by atoms with Crippen LogP contribution in [0, 0.1) is 0 Å². The molecule has 0 atom stereocenters. The molecule has 0 aliphatic rings. The van der Waals surface area contributed by atoms with E-state index >= 15 is 0 Å². The van der Waals surface area contributed by atoms with Gasteiger partial charge in [0.2, 0.25) is 0 Å². The van der Waals surface area contributed by atoms with Crippen LogP contribution in [0.15, 0.2) is 70.5 Å². The Morgan fingerprint density at radius 1 is 0.905 bits per heavy atom. The SMILES string of the molecule is COc1ccc(CN(Cc2ccc(OC)cc2)c2ncnc(C(C)C)c2-n2c(=O)[nH]c(=O)c3cc(Cl)c(Cl)nc32)cc1. The minimum atomic E-state index is -0.704. The van der Waals surface area contributed by atoms with Crippen molar-refractivity contribution in [3.8, 4) is 17.2 Å². The molecule has 0 spiro atoms. The number of benzene rings is 2. The van der Waals surface area contributed by atoms with Crippen LogP contribution >= 0.6 is 23.2 Å². The van der Waals surface area contributed by atoms with Crippen LogP contribution in [0.2, 0.25) is 10.2 Å². The molecule has 2 aromatic carbocycles. The lowest BCUT2D eigenvalue weighted by molar-refractivity contribution is 0.414. The largest absolute Gasteiger partial charge is 0.497 e. The number of nitrogens with one attached hydrogen (secondary N) is 1. The molecule has 3 heterocycles. The summed E-state index contributed by atoms with van der Waals surface area (Å²) in [6, 6.07) is 16.8. The number of pyridine rings is 1. The zero-order valence-electron chi connectivity index (χ0n) is 23.4. The predicted octanol–water partition coefficient (Wildman–Crippen LogP) is 5.52. The van der Waals surface area contributed by atoms with E-state index in [1.807, 2.05) is 67.3 Å². The van der Waals surface area contributed by atoms with Gasteiger partial charge in [-0.05, 0) is 47.4 Å². The number of H-pyrrole nitrogens is 1. The van der Waals surface area contributed by atoms with Gasteiger partial charge in [0.25, 0.3) is 5.56 Å². The zero-order chi connectivity index (χ0) is 30.0. The van der Waals surface area contributed by atoms with Gasteiger partial charge in [-0.1, -0.05) is 61.3 Å². The number of fused-ring (bicyclic) bond motifs is 1. The summed E-state index contributed by atoms with van der Waals surface area (Å²) in [7, 11) is 3.23. The number of aromatic amines is 1. The second kappa shape index (κ2) is 12.2. The van der Waals surface area contributed by atoms with E-state index in [1.54, 1.807) is 14.2 Å². The fourth-order valence-electron chi connectivity index (χ4n) is 4.68. The number of rotatable bonds is 9. The van der Waals surface area contributed by atoms with Crippen LogP contribution in [0.5, 0.6) is 11.5 Å². The van der Waals surface area contributed by atoms with E-state index in [9.17, 15) is 9.59 Å². The summed E-state index contributed by atoms with van der Waals surface area (Å²) < 4.78 is 12.0. The number of anilines is 1. The van der Waals surface area contributed by atoms with E-state index in [-0.39, 0.29) is 27.1 Å². The Morgan fingerprint density at radius 2 is 1.48 bits per heavy atom. The Bertz CT molecular complexity index is 1810. The van der Waals surface area contributed by atoms with Crippen LogP contribution in [-0.2, 0) is 13.1 Å². The molecule has 0 saturated heterocycles. The number of methoxy groups -OCH3 is 2. The number of aromatic nitrogens is 5. The third-order valence-corrected chi connectivity index (χ3v) is 7.43. The highest BCUT2D eigenvalue weighted by Gasteiger charge is 2.25. The van der Waals surface area contributed by atoms with Gasteiger partial charge >= 0.3 is 5.69 Å². The van der Waals surface area contributed by atoms with E-state index < -0.39 is 11.2 Å². The van der Waals surface area contributed by atoms with Crippen LogP contribution in [0.1, 0.15) is 36.6 Å². The summed E-state index contributed by atoms with van der Waals surface area (Å²) in [5, 5.41) is 0.153. The van der Waals surface area contributed by atoms with E-state index in [1.165, 1.54) is 17.0 Å². The van der Waals surface area contributed by atoms with Gasteiger partial charge in [0.05, 0.1) is 30.3 Å². The number of nitrogens with zero attached hydrogens (tertiary/aromatic N) is 5. The zero-order valence-corrected chi connectivity index (χ0v) is 24.9. The molecule has 216 valence electrons. The summed E-state index contributed by atoms with van der Waals surface area (Å²) in [5.41, 5.74) is 1.63. The van der Waals surface area contributed by atoms with Crippen molar-refractivity contribution in [2.24, 2.45) is 0 Å². The Labute approximate surface area is 251 Å². The molecule has 12 heteroatoms. The van der Waals surface area contributed by atoms with Crippen LogP contribution in [0.25, 0.3) is 16.7 Å². The molecule has 0 aliphatic carbocycles. The molecule has 10 nitrogen and oxygen atoms in total. The van der Waals surface area contributed by atoms with Gasteiger partial charge in [0, 0.05) is 13.1 Å². The quantitative estimate of drug-likeness (QED) is 0.218. The third kappa shape index (κ3) is 5.81. The van der Waals surface area contributed by atoms with Crippen molar-refractivity contribution in [2.75, 3.05) is 19.1 Å². The molecule has 0 amide bonds. The Kier molecular flexibility index (Phi) is 8.46. The number of hydrogen-bond donors (Lipinski definition) is 1. The summed E-state index contributed by atoms with van der Waals surface area (Å²) in [4.78, 5) is 44.4. The summed E-state index contributed by atoms with van der Waals surface area (Å²) in [6.07, 6.45) is 1.47. The van der Waals surface area contributed by atoms with Gasteiger partial charge in [-0.25, -0.2) is 24.3 Å².